The van der Waals surface area contributed by atoms with Crippen LogP contribution in [0.1, 0.15) is 36.3 Å². The lowest BCUT2D eigenvalue weighted by Crippen LogP contribution is -2.35. The van der Waals surface area contributed by atoms with E-state index in [9.17, 15) is 9.59 Å². The second kappa shape index (κ2) is 8.05. The van der Waals surface area contributed by atoms with Gasteiger partial charge in [0.15, 0.2) is 0 Å². The van der Waals surface area contributed by atoms with Gasteiger partial charge in [-0.3, -0.25) is 9.69 Å². The molecule has 5 nitrogen and oxygen atoms in total. The molecule has 2 aromatic carbocycles. The van der Waals surface area contributed by atoms with E-state index in [0.717, 1.165) is 5.69 Å². The first-order valence-corrected chi connectivity index (χ1v) is 9.96. The molecule has 0 aromatic heterocycles. The third-order valence-electron chi connectivity index (χ3n) is 5.57. The molecule has 2 unspecified atom stereocenters. The average Bonchev–Trinajstić information content (AvgIpc) is 3.48. The van der Waals surface area contributed by atoms with Gasteiger partial charge in [0.05, 0.1) is 13.1 Å². The first kappa shape index (κ1) is 18.5. The number of amides is 2. The molecule has 2 aliphatic rings. The van der Waals surface area contributed by atoms with E-state index >= 15 is 0 Å². The summed E-state index contributed by atoms with van der Waals surface area (Å²) in [6.45, 7) is 2.87. The fraction of sp³-hybridized carbons (Fsp3) is 0.391. The molecular weight excluding hydrogens is 352 g/mol. The normalized spacial score (nSPS) is 20.0. The van der Waals surface area contributed by atoms with E-state index in [1.165, 1.54) is 24.0 Å². The Hall–Kier alpha value is -2.82. The maximum atomic E-state index is 12.6. The molecule has 1 aliphatic carbocycles. The van der Waals surface area contributed by atoms with Crippen LogP contribution in [0.4, 0.5) is 10.5 Å². The number of carbonyl (C=O) groups is 2. The number of aryl methyl sites for hydroxylation is 1. The zero-order chi connectivity index (χ0) is 19.5. The molecule has 28 heavy (non-hydrogen) atoms. The van der Waals surface area contributed by atoms with Crippen LogP contribution < -0.4 is 10.2 Å². The molecule has 2 atom stereocenters. The summed E-state index contributed by atoms with van der Waals surface area (Å²) in [5.41, 5.74) is 3.29. The van der Waals surface area contributed by atoms with Crippen molar-refractivity contribution in [2.75, 3.05) is 18.0 Å². The first-order chi connectivity index (χ1) is 13.6. The largest absolute Gasteiger partial charge is 0.442 e. The highest BCUT2D eigenvalue weighted by Crippen LogP contribution is 2.44. The number of anilines is 1. The number of hydrogen-bond donors (Lipinski definition) is 1. The molecular formula is C23H26N2O3. The van der Waals surface area contributed by atoms with E-state index < -0.39 is 0 Å². The van der Waals surface area contributed by atoms with Gasteiger partial charge in [0.25, 0.3) is 0 Å². The van der Waals surface area contributed by atoms with Crippen molar-refractivity contribution in [1.82, 2.24) is 5.32 Å². The molecule has 4 rings (SSSR count). The summed E-state index contributed by atoms with van der Waals surface area (Å²) >= 11 is 0. The number of nitrogens with one attached hydrogen (secondary N) is 1. The van der Waals surface area contributed by atoms with Crippen LogP contribution >= 0.6 is 0 Å². The van der Waals surface area contributed by atoms with Gasteiger partial charge in [0.1, 0.15) is 6.10 Å². The van der Waals surface area contributed by atoms with Gasteiger partial charge in [0, 0.05) is 12.1 Å². The lowest BCUT2D eigenvalue weighted by atomic mass is 9.90. The van der Waals surface area contributed by atoms with Gasteiger partial charge >= 0.3 is 6.09 Å². The molecule has 1 saturated carbocycles. The van der Waals surface area contributed by atoms with E-state index in [-0.39, 0.29) is 24.0 Å². The highest BCUT2D eigenvalue weighted by Gasteiger charge is 2.35. The van der Waals surface area contributed by atoms with E-state index in [1.54, 1.807) is 4.90 Å². The molecule has 1 aliphatic heterocycles. The lowest BCUT2D eigenvalue weighted by Gasteiger charge is -2.18. The molecule has 0 bridgehead atoms. The Morgan fingerprint density at radius 2 is 1.86 bits per heavy atom. The predicted octanol–water partition coefficient (Wildman–Crippen LogP) is 4.02. The zero-order valence-electron chi connectivity index (χ0n) is 16.1. The number of para-hydroxylation sites is 1. The molecule has 2 fully saturated rings. The predicted molar refractivity (Wildman–Crippen MR) is 108 cm³/mol. The van der Waals surface area contributed by atoms with Crippen LogP contribution in [0.15, 0.2) is 54.6 Å². The van der Waals surface area contributed by atoms with Crippen molar-refractivity contribution in [2.45, 2.75) is 38.2 Å². The zero-order valence-corrected chi connectivity index (χ0v) is 16.1. The molecule has 2 amide bonds. The van der Waals surface area contributed by atoms with E-state index in [1.807, 2.05) is 30.3 Å². The van der Waals surface area contributed by atoms with Crippen LogP contribution in [-0.2, 0) is 9.53 Å². The van der Waals surface area contributed by atoms with Crippen LogP contribution in [0.2, 0.25) is 0 Å². The molecule has 146 valence electrons. The summed E-state index contributed by atoms with van der Waals surface area (Å²) in [4.78, 5) is 26.3. The van der Waals surface area contributed by atoms with Crippen molar-refractivity contribution >= 4 is 17.7 Å². The summed E-state index contributed by atoms with van der Waals surface area (Å²) < 4.78 is 5.41. The monoisotopic (exact) mass is 378 g/mol. The van der Waals surface area contributed by atoms with Crippen LogP contribution in [0.25, 0.3) is 0 Å². The molecule has 0 radical (unpaired) electrons. The summed E-state index contributed by atoms with van der Waals surface area (Å²) in [7, 11) is 0. The van der Waals surface area contributed by atoms with E-state index in [4.69, 9.17) is 4.74 Å². The number of carbonyl (C=O) groups excluding carboxylic acids is 2. The standard InChI is InChI=1S/C23H26N2O3/c1-16-7-9-17(10-8-16)21(18-11-12-18)13-22(26)24-14-20-15-25(23(27)28-20)19-5-3-2-4-6-19/h2-10,18,20-21H,11-15H2,1H3,(H,24,26). The van der Waals surface area contributed by atoms with Gasteiger partial charge in [-0.15, -0.1) is 0 Å². The average molecular weight is 378 g/mol. The third kappa shape index (κ3) is 4.35. The minimum Gasteiger partial charge on any atom is -0.442 e. The van der Waals surface area contributed by atoms with Crippen molar-refractivity contribution in [3.8, 4) is 0 Å². The number of nitrogens with zero attached hydrogens (tertiary/aromatic N) is 1. The maximum absolute atomic E-state index is 12.6. The van der Waals surface area contributed by atoms with E-state index in [2.05, 4.69) is 36.5 Å². The molecule has 1 saturated heterocycles. The molecule has 2 aromatic rings. The second-order valence-electron chi connectivity index (χ2n) is 7.81. The van der Waals surface area contributed by atoms with Gasteiger partial charge < -0.3 is 10.1 Å². The Balaban J connectivity index is 1.30. The topological polar surface area (TPSA) is 58.6 Å². The Bertz CT molecular complexity index is 831. The highest BCUT2D eigenvalue weighted by atomic mass is 16.6. The second-order valence-corrected chi connectivity index (χ2v) is 7.81. The third-order valence-corrected chi connectivity index (χ3v) is 5.57. The van der Waals surface area contributed by atoms with Crippen molar-refractivity contribution in [3.63, 3.8) is 0 Å². The minimum absolute atomic E-state index is 0.0201. The Morgan fingerprint density at radius 3 is 2.54 bits per heavy atom. The number of hydrogen-bond acceptors (Lipinski definition) is 3. The van der Waals surface area contributed by atoms with Gasteiger partial charge in [-0.05, 0) is 49.3 Å². The Kier molecular flexibility index (Phi) is 5.33. The van der Waals surface area contributed by atoms with Crippen molar-refractivity contribution in [3.05, 3.63) is 65.7 Å². The summed E-state index contributed by atoms with van der Waals surface area (Å²) in [5.74, 6) is 0.894. The highest BCUT2D eigenvalue weighted by molar-refractivity contribution is 5.89. The van der Waals surface area contributed by atoms with Crippen LogP contribution in [0.3, 0.4) is 0 Å². The summed E-state index contributed by atoms with van der Waals surface area (Å²) in [6.07, 6.45) is 2.18. The van der Waals surface area contributed by atoms with Gasteiger partial charge in [-0.25, -0.2) is 4.79 Å². The number of rotatable bonds is 7. The smallest absolute Gasteiger partial charge is 0.414 e. The SMILES string of the molecule is Cc1ccc(C(CC(=O)NCC2CN(c3ccccc3)C(=O)O2)C2CC2)cc1. The van der Waals surface area contributed by atoms with Gasteiger partial charge in [-0.2, -0.15) is 0 Å². The van der Waals surface area contributed by atoms with Crippen LogP contribution in [-0.4, -0.2) is 31.2 Å². The van der Waals surface area contributed by atoms with Gasteiger partial charge in [0.2, 0.25) is 5.91 Å². The number of cyclic esters (lactones) is 1. The van der Waals surface area contributed by atoms with Crippen molar-refractivity contribution in [2.24, 2.45) is 5.92 Å². The number of ether oxygens (including phenoxy) is 1. The van der Waals surface area contributed by atoms with Crippen LogP contribution in [0, 0.1) is 12.8 Å². The molecule has 1 heterocycles. The molecule has 5 heteroatoms. The van der Waals surface area contributed by atoms with Crippen LogP contribution in [0.5, 0.6) is 0 Å². The van der Waals surface area contributed by atoms with E-state index in [0.29, 0.717) is 25.4 Å². The minimum atomic E-state index is -0.360. The first-order valence-electron chi connectivity index (χ1n) is 9.96. The number of benzene rings is 2. The fourth-order valence-electron chi connectivity index (χ4n) is 3.82. The molecule has 0 spiro atoms. The summed E-state index contributed by atoms with van der Waals surface area (Å²) in [6, 6.07) is 17.9. The summed E-state index contributed by atoms with van der Waals surface area (Å²) in [5, 5.41) is 2.97. The molecule has 1 N–H and O–H groups in total. The van der Waals surface area contributed by atoms with Gasteiger partial charge in [-0.1, -0.05) is 48.0 Å². The lowest BCUT2D eigenvalue weighted by molar-refractivity contribution is -0.122. The van der Waals surface area contributed by atoms with Crippen molar-refractivity contribution < 1.29 is 14.3 Å². The quantitative estimate of drug-likeness (QED) is 0.792. The fourth-order valence-corrected chi connectivity index (χ4v) is 3.82. The van der Waals surface area contributed by atoms with Crippen molar-refractivity contribution in [1.29, 1.82) is 0 Å². The Morgan fingerprint density at radius 1 is 1.14 bits per heavy atom. The Labute approximate surface area is 165 Å². The maximum Gasteiger partial charge on any atom is 0.414 e.